The molecular weight excluding hydrogens is 791 g/mol. The summed E-state index contributed by atoms with van der Waals surface area (Å²) in [6.07, 6.45) is 15.7. The summed E-state index contributed by atoms with van der Waals surface area (Å²) in [4.78, 5) is 47.6. The number of primary amides is 1. The number of aldehydes is 1. The maximum atomic E-state index is 13.6. The van der Waals surface area contributed by atoms with Crippen LogP contribution in [0.3, 0.4) is 0 Å². The first-order valence-electron chi connectivity index (χ1n) is 20.0. The minimum absolute atomic E-state index is 0.185. The van der Waals surface area contributed by atoms with Crippen molar-refractivity contribution < 1.29 is 23.9 Å². The SMILES string of the molecule is C=C(C)Nc1cnn(C/C=C/COc2cc(C(N)=O)cc3nc(/C=C/C(C)=N\NCC)n(C/C=C/Cn4c(NC(=O)c5cc(C)nn5CC)nc5cc(C=O)cc(OC)c54)c23)c1. The molecule has 0 aliphatic rings. The Morgan fingerprint density at radius 2 is 1.68 bits per heavy atom. The van der Waals surface area contributed by atoms with Crippen LogP contribution in [-0.2, 0) is 26.2 Å². The van der Waals surface area contributed by atoms with Gasteiger partial charge in [0.1, 0.15) is 46.9 Å². The van der Waals surface area contributed by atoms with Gasteiger partial charge in [-0.25, -0.2) is 9.97 Å². The maximum Gasteiger partial charge on any atom is 0.276 e. The largest absolute Gasteiger partial charge is 0.494 e. The van der Waals surface area contributed by atoms with E-state index in [1.165, 1.54) is 7.11 Å². The zero-order valence-electron chi connectivity index (χ0n) is 35.7. The predicted molar refractivity (Wildman–Crippen MR) is 241 cm³/mol. The molecule has 4 heterocycles. The van der Waals surface area contributed by atoms with Gasteiger partial charge in [-0.3, -0.25) is 29.1 Å². The summed E-state index contributed by atoms with van der Waals surface area (Å²) in [6, 6.07) is 8.25. The van der Waals surface area contributed by atoms with E-state index in [1.807, 2.05) is 86.4 Å². The zero-order valence-corrected chi connectivity index (χ0v) is 35.7. The molecule has 0 aliphatic carbocycles. The Morgan fingerprint density at radius 1 is 0.935 bits per heavy atom. The van der Waals surface area contributed by atoms with E-state index in [9.17, 15) is 14.4 Å². The van der Waals surface area contributed by atoms with Crippen LogP contribution in [0.2, 0.25) is 0 Å². The van der Waals surface area contributed by atoms with Crippen molar-refractivity contribution in [3.8, 4) is 11.5 Å². The molecule has 2 aromatic carbocycles. The number of amides is 2. The van der Waals surface area contributed by atoms with Gasteiger partial charge in [0, 0.05) is 49.2 Å². The monoisotopic (exact) mass is 841 g/mol. The van der Waals surface area contributed by atoms with E-state index >= 15 is 0 Å². The second kappa shape index (κ2) is 20.0. The van der Waals surface area contributed by atoms with Crippen molar-refractivity contribution in [2.24, 2.45) is 10.8 Å². The number of nitrogens with one attached hydrogen (secondary N) is 3. The van der Waals surface area contributed by atoms with E-state index in [-0.39, 0.29) is 30.6 Å². The van der Waals surface area contributed by atoms with Crippen LogP contribution < -0.4 is 31.3 Å². The summed E-state index contributed by atoms with van der Waals surface area (Å²) >= 11 is 0. The van der Waals surface area contributed by atoms with E-state index in [0.717, 1.165) is 23.4 Å². The number of anilines is 2. The zero-order chi connectivity index (χ0) is 44.3. The van der Waals surface area contributed by atoms with Crippen molar-refractivity contribution in [2.45, 2.75) is 60.8 Å². The highest BCUT2D eigenvalue weighted by molar-refractivity contribution is 6.04. The first-order valence-corrected chi connectivity index (χ1v) is 20.0. The lowest BCUT2D eigenvalue weighted by Gasteiger charge is -2.12. The number of hydrazone groups is 1. The van der Waals surface area contributed by atoms with Gasteiger partial charge in [0.15, 0.2) is 0 Å². The molecule has 322 valence electrons. The average molecular weight is 842 g/mol. The van der Waals surface area contributed by atoms with Crippen LogP contribution in [0.5, 0.6) is 11.5 Å². The van der Waals surface area contributed by atoms with Crippen LogP contribution in [-0.4, -0.2) is 82.7 Å². The van der Waals surface area contributed by atoms with E-state index in [1.54, 1.807) is 45.9 Å². The van der Waals surface area contributed by atoms with Gasteiger partial charge in [0.25, 0.3) is 5.91 Å². The van der Waals surface area contributed by atoms with Gasteiger partial charge in [-0.1, -0.05) is 24.8 Å². The third kappa shape index (κ3) is 10.3. The topological polar surface area (TPSA) is 215 Å². The smallest absolute Gasteiger partial charge is 0.276 e. The van der Waals surface area contributed by atoms with E-state index in [0.29, 0.717) is 82.5 Å². The van der Waals surface area contributed by atoms with Crippen molar-refractivity contribution >= 4 is 63.6 Å². The van der Waals surface area contributed by atoms with Gasteiger partial charge < -0.3 is 35.1 Å². The first kappa shape index (κ1) is 43.8. The Hall–Kier alpha value is -7.76. The molecule has 0 spiro atoms. The number of nitrogens with zero attached hydrogens (tertiary/aromatic N) is 9. The van der Waals surface area contributed by atoms with Crippen molar-refractivity contribution in [1.29, 1.82) is 0 Å². The van der Waals surface area contributed by atoms with Crippen LogP contribution in [0.4, 0.5) is 11.6 Å². The van der Waals surface area contributed by atoms with Gasteiger partial charge in [-0.15, -0.1) is 0 Å². The number of hydrogen-bond acceptors (Lipinski definition) is 12. The lowest BCUT2D eigenvalue weighted by atomic mass is 10.1. The molecule has 0 aliphatic heterocycles. The first-order chi connectivity index (χ1) is 29.9. The van der Waals surface area contributed by atoms with E-state index < -0.39 is 5.91 Å². The Bertz CT molecular complexity index is 2740. The number of carbonyl (C=O) groups is 3. The van der Waals surface area contributed by atoms with E-state index in [2.05, 4.69) is 37.9 Å². The fourth-order valence-electron chi connectivity index (χ4n) is 6.65. The lowest BCUT2D eigenvalue weighted by molar-refractivity contribution is 0.0995. The number of nitrogens with two attached hydrogens (primary N) is 1. The molecule has 18 nitrogen and oxygen atoms in total. The minimum Gasteiger partial charge on any atom is -0.494 e. The van der Waals surface area contributed by atoms with Crippen LogP contribution in [0.15, 0.2) is 90.5 Å². The maximum absolute atomic E-state index is 13.6. The van der Waals surface area contributed by atoms with Crippen molar-refractivity contribution in [3.63, 3.8) is 0 Å². The Kier molecular flexibility index (Phi) is 14.1. The van der Waals surface area contributed by atoms with E-state index in [4.69, 9.17) is 25.2 Å². The fourth-order valence-corrected chi connectivity index (χ4v) is 6.65. The standard InChI is InChI=1S/C44H51N13O5/c1-8-46-52-29(5)14-15-39-49-35-23-32(42(45)59)24-38(62-19-13-12-16-54-26-33(25-47-54)48-28(3)4)41(35)55(39)17-10-11-18-56-40-34(21-31(27-58)22-37(40)61-7)50-44(56)51-43(60)36-20-30(6)53-57(36)9-2/h10-15,20-27,46,48H,3,8-9,16-19H2,1-2,4-7H3,(H2,45,59)(H,50,51,60)/b11-10+,13-12+,15-14+,52-29-. The Balaban J connectivity index is 1.34. The van der Waals surface area contributed by atoms with Crippen LogP contribution >= 0.6 is 0 Å². The number of aryl methyl sites for hydroxylation is 2. The van der Waals surface area contributed by atoms with Gasteiger partial charge in [0.2, 0.25) is 11.9 Å². The Labute approximate surface area is 358 Å². The second-order valence-electron chi connectivity index (χ2n) is 14.2. The number of aromatic nitrogens is 8. The second-order valence-corrected chi connectivity index (χ2v) is 14.2. The van der Waals surface area contributed by atoms with Crippen LogP contribution in [0.25, 0.3) is 28.1 Å². The molecule has 5 N–H and O–H groups in total. The summed E-state index contributed by atoms with van der Waals surface area (Å²) < 4.78 is 19.2. The molecule has 0 saturated carbocycles. The number of imidazole rings is 2. The molecular formula is C44H51N13O5. The van der Waals surface area contributed by atoms with Gasteiger partial charge in [0.05, 0.1) is 48.0 Å². The summed E-state index contributed by atoms with van der Waals surface area (Å²) in [5, 5.41) is 19.2. The number of hydrogen-bond donors (Lipinski definition) is 4. The highest BCUT2D eigenvalue weighted by atomic mass is 16.5. The molecule has 0 saturated heterocycles. The van der Waals surface area contributed by atoms with Crippen LogP contribution in [0.1, 0.15) is 70.4 Å². The fraction of sp³-hybridized carbons (Fsp3) is 0.273. The quantitative estimate of drug-likeness (QED) is 0.0281. The van der Waals surface area contributed by atoms with Crippen molar-refractivity contribution in [3.05, 3.63) is 114 Å². The normalized spacial score (nSPS) is 12.0. The van der Waals surface area contributed by atoms with Gasteiger partial charge >= 0.3 is 0 Å². The Morgan fingerprint density at radius 3 is 2.39 bits per heavy atom. The molecule has 4 aromatic heterocycles. The van der Waals surface area contributed by atoms with Crippen molar-refractivity contribution in [2.75, 3.05) is 30.9 Å². The molecule has 6 rings (SSSR count). The third-order valence-electron chi connectivity index (χ3n) is 9.38. The summed E-state index contributed by atoms with van der Waals surface area (Å²) in [6.45, 7) is 15.7. The predicted octanol–water partition coefficient (Wildman–Crippen LogP) is 6.12. The number of allylic oxidation sites excluding steroid dienone is 5. The third-order valence-corrected chi connectivity index (χ3v) is 9.38. The van der Waals surface area contributed by atoms with Gasteiger partial charge in [-0.2, -0.15) is 15.3 Å². The number of methoxy groups -OCH3 is 1. The van der Waals surface area contributed by atoms with Gasteiger partial charge in [-0.05, 0) is 83.2 Å². The summed E-state index contributed by atoms with van der Waals surface area (Å²) in [7, 11) is 1.51. The molecule has 0 atom stereocenters. The number of fused-ring (bicyclic) bond motifs is 2. The highest BCUT2D eigenvalue weighted by Gasteiger charge is 2.21. The molecule has 2 amide bonds. The summed E-state index contributed by atoms with van der Waals surface area (Å²) in [5.41, 5.74) is 15.0. The minimum atomic E-state index is -0.620. The average Bonchev–Trinajstić information content (AvgIpc) is 4.03. The molecule has 18 heteroatoms. The summed E-state index contributed by atoms with van der Waals surface area (Å²) in [5.74, 6) is 0.644. The highest BCUT2D eigenvalue weighted by Crippen LogP contribution is 2.32. The van der Waals surface area contributed by atoms with Crippen LogP contribution in [0, 0.1) is 6.92 Å². The molecule has 0 unspecified atom stereocenters. The number of ether oxygens (including phenoxy) is 2. The number of carbonyl (C=O) groups excluding carboxylic acids is 3. The molecule has 0 radical (unpaired) electrons. The lowest BCUT2D eigenvalue weighted by Crippen LogP contribution is -2.20. The van der Waals surface area contributed by atoms with Crippen molar-refractivity contribution in [1.82, 2.24) is 44.1 Å². The molecule has 0 fully saturated rings. The molecule has 6 aromatic rings. The number of benzene rings is 2. The molecule has 62 heavy (non-hydrogen) atoms. The number of rotatable bonds is 21. The molecule has 0 bridgehead atoms.